The molecular formula is C12H25O4P. The van der Waals surface area contributed by atoms with Crippen molar-refractivity contribution in [1.29, 1.82) is 0 Å². The summed E-state index contributed by atoms with van der Waals surface area (Å²) in [6.45, 7) is 3.49. The minimum Gasteiger partial charge on any atom is -0.392 e. The van der Waals surface area contributed by atoms with Crippen molar-refractivity contribution in [3.05, 3.63) is 0 Å². The summed E-state index contributed by atoms with van der Waals surface area (Å²) >= 11 is 0. The number of rotatable bonds is 10. The van der Waals surface area contributed by atoms with E-state index in [1.165, 1.54) is 39.5 Å². The molecule has 0 N–H and O–H groups in total. The maximum Gasteiger partial charge on any atom is 0.378 e. The van der Waals surface area contributed by atoms with Crippen LogP contribution in [0.15, 0.2) is 0 Å². The molecule has 17 heavy (non-hydrogen) atoms. The molecule has 0 saturated carbocycles. The Morgan fingerprint density at radius 2 is 1.59 bits per heavy atom. The molecule has 5 heteroatoms. The molecule has 0 aromatic heterocycles. The third-order valence-electron chi connectivity index (χ3n) is 2.58. The Morgan fingerprint density at radius 3 is 2.12 bits per heavy atom. The van der Waals surface area contributed by atoms with Crippen molar-refractivity contribution >= 4 is 13.6 Å². The number of carbonyl (C=O) groups excluding carboxylic acids is 1. The molecule has 0 aromatic rings. The lowest BCUT2D eigenvalue weighted by atomic mass is 10.1. The quantitative estimate of drug-likeness (QED) is 0.439. The molecular weight excluding hydrogens is 239 g/mol. The van der Waals surface area contributed by atoms with Gasteiger partial charge in [-0.2, -0.15) is 0 Å². The fraction of sp³-hybridized carbons (Fsp3) is 0.917. The summed E-state index contributed by atoms with van der Waals surface area (Å²) in [7, 11) is -1.87. The summed E-state index contributed by atoms with van der Waals surface area (Å²) in [6, 6.07) is 0. The van der Waals surface area contributed by atoms with Crippen molar-refractivity contribution in [1.82, 2.24) is 0 Å². The predicted molar refractivity (Wildman–Crippen MR) is 69.2 cm³/mol. The van der Waals surface area contributed by atoms with Gasteiger partial charge < -0.3 is 9.05 Å². The largest absolute Gasteiger partial charge is 0.392 e. The van der Waals surface area contributed by atoms with Crippen molar-refractivity contribution in [3.8, 4) is 0 Å². The minimum absolute atomic E-state index is 0.328. The molecule has 0 aromatic carbocycles. The molecule has 0 spiro atoms. The van der Waals surface area contributed by atoms with Crippen molar-refractivity contribution in [2.75, 3.05) is 13.8 Å². The molecule has 0 saturated heterocycles. The highest BCUT2D eigenvalue weighted by Crippen LogP contribution is 2.43. The second-order valence-electron chi connectivity index (χ2n) is 4.29. The lowest BCUT2D eigenvalue weighted by Crippen LogP contribution is -2.02. The zero-order chi connectivity index (χ0) is 13.1. The van der Waals surface area contributed by atoms with Gasteiger partial charge in [0, 0.05) is 20.2 Å². The van der Waals surface area contributed by atoms with Crippen LogP contribution in [0.1, 0.15) is 58.3 Å². The van der Waals surface area contributed by atoms with E-state index < -0.39 is 13.6 Å². The van der Waals surface area contributed by atoms with E-state index in [0.29, 0.717) is 6.42 Å². The van der Waals surface area contributed by atoms with Gasteiger partial charge in [-0.1, -0.05) is 45.4 Å². The molecule has 0 aliphatic carbocycles. The first-order valence-electron chi connectivity index (χ1n) is 6.37. The van der Waals surface area contributed by atoms with E-state index in [1.807, 2.05) is 0 Å². The summed E-state index contributed by atoms with van der Waals surface area (Å²) in [4.78, 5) is 11.3. The summed E-state index contributed by atoms with van der Waals surface area (Å²) < 4.78 is 20.7. The Labute approximate surface area is 105 Å². The van der Waals surface area contributed by atoms with E-state index in [-0.39, 0.29) is 0 Å². The first kappa shape index (κ1) is 16.7. The van der Waals surface area contributed by atoms with Crippen LogP contribution in [0.3, 0.4) is 0 Å². The predicted octanol–water partition coefficient (Wildman–Crippen LogP) is 4.14. The summed E-state index contributed by atoms with van der Waals surface area (Å²) in [5.41, 5.74) is 0. The van der Waals surface area contributed by atoms with Crippen LogP contribution in [0, 0.1) is 0 Å². The SMILES string of the molecule is CCCCCCCCCC(=O)O[P@](C)(=O)OC. The van der Waals surface area contributed by atoms with Crippen LogP contribution >= 0.6 is 7.60 Å². The van der Waals surface area contributed by atoms with Gasteiger partial charge in [-0.3, -0.25) is 4.79 Å². The molecule has 0 aliphatic heterocycles. The highest BCUT2D eigenvalue weighted by atomic mass is 31.2. The van der Waals surface area contributed by atoms with Gasteiger partial charge in [0.2, 0.25) is 0 Å². The van der Waals surface area contributed by atoms with Crippen molar-refractivity contribution < 1.29 is 18.4 Å². The topological polar surface area (TPSA) is 52.6 Å². The van der Waals surface area contributed by atoms with Crippen LogP contribution in [0.4, 0.5) is 0 Å². The van der Waals surface area contributed by atoms with E-state index >= 15 is 0 Å². The molecule has 4 nitrogen and oxygen atoms in total. The highest BCUT2D eigenvalue weighted by Gasteiger charge is 2.19. The number of hydrogen-bond acceptors (Lipinski definition) is 4. The Morgan fingerprint density at radius 1 is 1.06 bits per heavy atom. The van der Waals surface area contributed by atoms with Gasteiger partial charge in [-0.25, -0.2) is 4.57 Å². The zero-order valence-electron chi connectivity index (χ0n) is 11.2. The van der Waals surface area contributed by atoms with Gasteiger partial charge in [-0.15, -0.1) is 0 Å². The Kier molecular flexibility index (Phi) is 9.47. The van der Waals surface area contributed by atoms with E-state index in [9.17, 15) is 9.36 Å². The summed E-state index contributed by atoms with van der Waals surface area (Å²) in [5.74, 6) is -0.425. The maximum absolute atomic E-state index is 11.3. The van der Waals surface area contributed by atoms with Gasteiger partial charge in [-0.05, 0) is 6.42 Å². The Bertz CT molecular complexity index is 253. The molecule has 0 aliphatic rings. The highest BCUT2D eigenvalue weighted by molar-refractivity contribution is 7.53. The van der Waals surface area contributed by atoms with Gasteiger partial charge >= 0.3 is 13.6 Å². The van der Waals surface area contributed by atoms with Crippen LogP contribution in [0.5, 0.6) is 0 Å². The third-order valence-corrected chi connectivity index (χ3v) is 3.78. The maximum atomic E-state index is 11.3. The molecule has 0 fully saturated rings. The van der Waals surface area contributed by atoms with Gasteiger partial charge in [0.1, 0.15) is 0 Å². The average Bonchev–Trinajstić information content (AvgIpc) is 2.27. The van der Waals surface area contributed by atoms with Gasteiger partial charge in [0.15, 0.2) is 0 Å². The molecule has 0 rings (SSSR count). The number of carbonyl (C=O) groups is 1. The molecule has 0 heterocycles. The second kappa shape index (κ2) is 9.67. The summed E-state index contributed by atoms with van der Waals surface area (Å²) in [5, 5.41) is 0. The minimum atomic E-state index is -3.15. The smallest absolute Gasteiger partial charge is 0.378 e. The van der Waals surface area contributed by atoms with Gasteiger partial charge in [0.25, 0.3) is 0 Å². The first-order valence-corrected chi connectivity index (χ1v) is 8.36. The van der Waals surface area contributed by atoms with E-state index in [2.05, 4.69) is 11.4 Å². The number of hydrogen-bond donors (Lipinski definition) is 0. The van der Waals surface area contributed by atoms with Crippen molar-refractivity contribution in [3.63, 3.8) is 0 Å². The fourth-order valence-corrected chi connectivity index (χ4v) is 2.03. The molecule has 0 unspecified atom stereocenters. The van der Waals surface area contributed by atoms with Crippen molar-refractivity contribution in [2.24, 2.45) is 0 Å². The Hall–Kier alpha value is -0.340. The van der Waals surface area contributed by atoms with E-state index in [1.54, 1.807) is 0 Å². The average molecular weight is 264 g/mol. The third kappa shape index (κ3) is 10.5. The molecule has 102 valence electrons. The van der Waals surface area contributed by atoms with Crippen LogP contribution in [0.25, 0.3) is 0 Å². The van der Waals surface area contributed by atoms with E-state index in [0.717, 1.165) is 19.3 Å². The van der Waals surface area contributed by atoms with Crippen LogP contribution in [-0.4, -0.2) is 19.7 Å². The lowest BCUT2D eigenvalue weighted by Gasteiger charge is -2.10. The van der Waals surface area contributed by atoms with Gasteiger partial charge in [0.05, 0.1) is 0 Å². The second-order valence-corrected chi connectivity index (χ2v) is 6.38. The molecule has 0 radical (unpaired) electrons. The first-order chi connectivity index (χ1) is 8.02. The fourth-order valence-electron chi connectivity index (χ4n) is 1.49. The van der Waals surface area contributed by atoms with Crippen LogP contribution < -0.4 is 0 Å². The Balaban J connectivity index is 3.43. The lowest BCUT2D eigenvalue weighted by molar-refractivity contribution is -0.135. The van der Waals surface area contributed by atoms with E-state index in [4.69, 9.17) is 4.52 Å². The summed E-state index contributed by atoms with van der Waals surface area (Å²) in [6.07, 6.45) is 8.34. The van der Waals surface area contributed by atoms with Crippen molar-refractivity contribution in [2.45, 2.75) is 58.3 Å². The molecule has 0 amide bonds. The standard InChI is InChI=1S/C12H25O4P/c1-4-5-6-7-8-9-10-11-12(13)16-17(3,14)15-2/h4-11H2,1-3H3/t17-/m1/s1. The monoisotopic (exact) mass is 264 g/mol. The zero-order valence-corrected chi connectivity index (χ0v) is 12.1. The van der Waals surface area contributed by atoms with Crippen LogP contribution in [0.2, 0.25) is 0 Å². The van der Waals surface area contributed by atoms with Crippen LogP contribution in [-0.2, 0) is 18.4 Å². The number of unbranched alkanes of at least 4 members (excludes halogenated alkanes) is 6. The molecule has 1 atom stereocenters. The molecule has 0 bridgehead atoms. The normalized spacial score (nSPS) is 14.3.